The second kappa shape index (κ2) is 6.31. The van der Waals surface area contributed by atoms with Gasteiger partial charge in [0, 0.05) is 11.6 Å². The van der Waals surface area contributed by atoms with Crippen molar-refractivity contribution in [2.45, 2.75) is 32.1 Å². The molecule has 0 nitrogen and oxygen atoms in total. The van der Waals surface area contributed by atoms with Crippen LogP contribution in [0.25, 0.3) is 11.1 Å². The molecule has 0 amide bonds. The van der Waals surface area contributed by atoms with E-state index in [0.717, 1.165) is 6.07 Å². The third-order valence-electron chi connectivity index (χ3n) is 3.58. The summed E-state index contributed by atoms with van der Waals surface area (Å²) in [6.07, 6.45) is -10.1. The molecule has 0 aliphatic carbocycles. The monoisotopic (exact) mass is 368 g/mol. The number of hydrogen-bond donors (Lipinski definition) is 0. The normalized spacial score (nSPS) is 12.8. The lowest BCUT2D eigenvalue weighted by Gasteiger charge is -2.18. The summed E-state index contributed by atoms with van der Waals surface area (Å²) in [7, 11) is 0. The van der Waals surface area contributed by atoms with Crippen LogP contribution in [-0.4, -0.2) is 0 Å². The Labute approximate surface area is 138 Å². The van der Waals surface area contributed by atoms with E-state index in [9.17, 15) is 35.1 Å². The quantitative estimate of drug-likeness (QED) is 0.512. The van der Waals surface area contributed by atoms with Crippen LogP contribution >= 0.6 is 0 Å². The molecule has 0 unspecified atom stereocenters. The minimum absolute atomic E-state index is 0.0232. The minimum atomic E-state index is -5.05. The SMILES string of the molecule is CC(C)c1cc(F)cc(F)c1-c1cc(C(F)(F)F)cc(C(F)(F)F)c1. The van der Waals surface area contributed by atoms with Crippen molar-refractivity contribution in [1.29, 1.82) is 0 Å². The lowest BCUT2D eigenvalue weighted by molar-refractivity contribution is -0.143. The fourth-order valence-corrected chi connectivity index (χ4v) is 2.45. The first-order chi connectivity index (χ1) is 11.3. The maximum atomic E-state index is 14.2. The third-order valence-corrected chi connectivity index (χ3v) is 3.58. The molecule has 25 heavy (non-hydrogen) atoms. The molecule has 0 aliphatic rings. The summed E-state index contributed by atoms with van der Waals surface area (Å²) in [4.78, 5) is 0. The van der Waals surface area contributed by atoms with Gasteiger partial charge in [0.2, 0.25) is 0 Å². The van der Waals surface area contributed by atoms with E-state index in [1.165, 1.54) is 13.8 Å². The molecule has 0 spiro atoms. The molecule has 8 heteroatoms. The molecule has 0 bridgehead atoms. The van der Waals surface area contributed by atoms with Gasteiger partial charge in [-0.1, -0.05) is 13.8 Å². The highest BCUT2D eigenvalue weighted by atomic mass is 19.4. The Morgan fingerprint density at radius 2 is 1.20 bits per heavy atom. The third kappa shape index (κ3) is 4.11. The lowest BCUT2D eigenvalue weighted by atomic mass is 9.90. The van der Waals surface area contributed by atoms with Crippen molar-refractivity contribution >= 4 is 0 Å². The van der Waals surface area contributed by atoms with Gasteiger partial charge in [-0.2, -0.15) is 26.3 Å². The van der Waals surface area contributed by atoms with E-state index in [0.29, 0.717) is 18.2 Å². The molecule has 0 heterocycles. The number of benzene rings is 2. The van der Waals surface area contributed by atoms with Gasteiger partial charge < -0.3 is 0 Å². The summed E-state index contributed by atoms with van der Waals surface area (Å²) in [5, 5.41) is 0. The Morgan fingerprint density at radius 1 is 0.720 bits per heavy atom. The molecule has 0 atom stereocenters. The van der Waals surface area contributed by atoms with E-state index >= 15 is 0 Å². The smallest absolute Gasteiger partial charge is 0.207 e. The zero-order chi connectivity index (χ0) is 19.2. The molecule has 2 aromatic rings. The molecule has 2 aromatic carbocycles. The first-order valence-corrected chi connectivity index (χ1v) is 7.09. The van der Waals surface area contributed by atoms with Gasteiger partial charge in [0.05, 0.1) is 11.1 Å². The van der Waals surface area contributed by atoms with Crippen LogP contribution in [-0.2, 0) is 12.4 Å². The van der Waals surface area contributed by atoms with Crippen LogP contribution in [0.3, 0.4) is 0 Å². The Bertz CT molecular complexity index is 752. The number of alkyl halides is 6. The molecule has 0 saturated heterocycles. The van der Waals surface area contributed by atoms with Gasteiger partial charge in [-0.3, -0.25) is 0 Å². The van der Waals surface area contributed by atoms with Gasteiger partial charge in [0.1, 0.15) is 11.6 Å². The van der Waals surface area contributed by atoms with Crippen LogP contribution in [0, 0.1) is 11.6 Å². The summed E-state index contributed by atoms with van der Waals surface area (Å²) in [5.74, 6) is -2.71. The summed E-state index contributed by atoms with van der Waals surface area (Å²) < 4.78 is 105. The van der Waals surface area contributed by atoms with Crippen LogP contribution in [0.15, 0.2) is 30.3 Å². The van der Waals surface area contributed by atoms with E-state index in [-0.39, 0.29) is 11.6 Å². The summed E-state index contributed by atoms with van der Waals surface area (Å²) in [6, 6.07) is 2.14. The molecule has 0 N–H and O–H groups in total. The molecular formula is C17H12F8. The number of rotatable bonds is 2. The maximum Gasteiger partial charge on any atom is 0.416 e. The van der Waals surface area contributed by atoms with Gasteiger partial charge >= 0.3 is 12.4 Å². The summed E-state index contributed by atoms with van der Waals surface area (Å²) in [6.45, 7) is 3.05. The molecule has 0 aromatic heterocycles. The minimum Gasteiger partial charge on any atom is -0.207 e. The predicted molar refractivity (Wildman–Crippen MR) is 75.9 cm³/mol. The predicted octanol–water partition coefficient (Wildman–Crippen LogP) is 6.79. The van der Waals surface area contributed by atoms with E-state index in [1.807, 2.05) is 0 Å². The topological polar surface area (TPSA) is 0 Å². The zero-order valence-corrected chi connectivity index (χ0v) is 13.0. The molecule has 2 rings (SSSR count). The summed E-state index contributed by atoms with van der Waals surface area (Å²) in [5.41, 5.74) is -4.23. The van der Waals surface area contributed by atoms with E-state index < -0.39 is 52.2 Å². The highest BCUT2D eigenvalue weighted by Gasteiger charge is 2.37. The average Bonchev–Trinajstić information content (AvgIpc) is 2.43. The first kappa shape index (κ1) is 19.2. The van der Waals surface area contributed by atoms with Crippen molar-refractivity contribution in [2.24, 2.45) is 0 Å². The summed E-state index contributed by atoms with van der Waals surface area (Å²) >= 11 is 0. The number of hydrogen-bond acceptors (Lipinski definition) is 0. The molecular weight excluding hydrogens is 356 g/mol. The highest BCUT2D eigenvalue weighted by molar-refractivity contribution is 5.70. The largest absolute Gasteiger partial charge is 0.416 e. The van der Waals surface area contributed by atoms with Crippen molar-refractivity contribution < 1.29 is 35.1 Å². The molecule has 136 valence electrons. The lowest BCUT2D eigenvalue weighted by Crippen LogP contribution is -2.11. The van der Waals surface area contributed by atoms with E-state index in [1.54, 1.807) is 0 Å². The second-order valence-electron chi connectivity index (χ2n) is 5.80. The average molecular weight is 368 g/mol. The Kier molecular flexibility index (Phi) is 4.85. The van der Waals surface area contributed by atoms with Crippen LogP contribution < -0.4 is 0 Å². The second-order valence-corrected chi connectivity index (χ2v) is 5.80. The van der Waals surface area contributed by atoms with Crippen LogP contribution in [0.1, 0.15) is 36.5 Å². The van der Waals surface area contributed by atoms with Crippen LogP contribution in [0.5, 0.6) is 0 Å². The van der Waals surface area contributed by atoms with Crippen molar-refractivity contribution in [3.63, 3.8) is 0 Å². The Morgan fingerprint density at radius 3 is 1.60 bits per heavy atom. The van der Waals surface area contributed by atoms with Crippen LogP contribution in [0.2, 0.25) is 0 Å². The maximum absolute atomic E-state index is 14.2. The van der Waals surface area contributed by atoms with Gasteiger partial charge in [-0.05, 0) is 41.3 Å². The van der Waals surface area contributed by atoms with Gasteiger partial charge in [0.15, 0.2) is 0 Å². The zero-order valence-electron chi connectivity index (χ0n) is 13.0. The highest BCUT2D eigenvalue weighted by Crippen LogP contribution is 2.41. The van der Waals surface area contributed by atoms with Gasteiger partial charge in [-0.25, -0.2) is 8.78 Å². The molecule has 0 fully saturated rings. The van der Waals surface area contributed by atoms with Crippen molar-refractivity contribution in [3.8, 4) is 11.1 Å². The molecule has 0 aliphatic heterocycles. The fourth-order valence-electron chi connectivity index (χ4n) is 2.45. The van der Waals surface area contributed by atoms with E-state index in [2.05, 4.69) is 0 Å². The first-order valence-electron chi connectivity index (χ1n) is 7.09. The fraction of sp³-hybridized carbons (Fsp3) is 0.294. The van der Waals surface area contributed by atoms with E-state index in [4.69, 9.17) is 0 Å². The molecule has 0 saturated carbocycles. The van der Waals surface area contributed by atoms with Gasteiger partial charge in [0.25, 0.3) is 0 Å². The molecule has 0 radical (unpaired) electrons. The van der Waals surface area contributed by atoms with Crippen molar-refractivity contribution in [3.05, 3.63) is 58.7 Å². The Balaban J connectivity index is 2.84. The van der Waals surface area contributed by atoms with Gasteiger partial charge in [-0.15, -0.1) is 0 Å². The van der Waals surface area contributed by atoms with Crippen LogP contribution in [0.4, 0.5) is 35.1 Å². The standard InChI is InChI=1S/C17H12F8/c1-8(2)13-6-12(18)7-14(19)15(13)9-3-10(16(20,21)22)5-11(4-9)17(23,24)25/h3-8H,1-2H3. The number of halogens is 8. The Hall–Kier alpha value is -2.12. The van der Waals surface area contributed by atoms with Crippen molar-refractivity contribution in [2.75, 3.05) is 0 Å². The van der Waals surface area contributed by atoms with Crippen molar-refractivity contribution in [1.82, 2.24) is 0 Å².